The van der Waals surface area contributed by atoms with Gasteiger partial charge in [0.25, 0.3) is 0 Å². The van der Waals surface area contributed by atoms with E-state index in [1.165, 1.54) is 12.1 Å². The maximum absolute atomic E-state index is 12.7. The van der Waals surface area contributed by atoms with E-state index in [9.17, 15) is 18.3 Å². The highest BCUT2D eigenvalue weighted by Crippen LogP contribution is 2.31. The predicted molar refractivity (Wildman–Crippen MR) is 93.9 cm³/mol. The Morgan fingerprint density at radius 3 is 2.37 bits per heavy atom. The molecule has 0 aliphatic rings. The van der Waals surface area contributed by atoms with Crippen LogP contribution in [0, 0.1) is 0 Å². The molecule has 4 aromatic rings. The lowest BCUT2D eigenvalue weighted by Gasteiger charge is -2.08. The molecule has 0 radical (unpaired) electrons. The number of para-hydroxylation sites is 1. The molecule has 0 aliphatic heterocycles. The van der Waals surface area contributed by atoms with E-state index in [2.05, 4.69) is 5.10 Å². The summed E-state index contributed by atoms with van der Waals surface area (Å²) in [6.07, 6.45) is -4.35. The standard InChI is InChI=1S/C20H15F3N2O2/c21-20(22,23)14-7-5-13(6-8-14)11-25-17-4-2-1-3-16(17)19(24-25)18-10-9-15(12-26)27-18/h1-10,26H,11-12H2. The number of alkyl halides is 3. The Hall–Kier alpha value is -3.06. The summed E-state index contributed by atoms with van der Waals surface area (Å²) in [5.41, 5.74) is 1.49. The van der Waals surface area contributed by atoms with Crippen molar-refractivity contribution in [2.45, 2.75) is 19.3 Å². The molecule has 0 spiro atoms. The molecule has 4 nitrogen and oxygen atoms in total. The second-order valence-corrected chi connectivity index (χ2v) is 6.14. The van der Waals surface area contributed by atoms with Crippen molar-refractivity contribution in [1.29, 1.82) is 0 Å². The van der Waals surface area contributed by atoms with E-state index >= 15 is 0 Å². The summed E-state index contributed by atoms with van der Waals surface area (Å²) in [6.45, 7) is 0.121. The molecule has 2 heterocycles. The summed E-state index contributed by atoms with van der Waals surface area (Å²) in [4.78, 5) is 0. The van der Waals surface area contributed by atoms with Gasteiger partial charge in [-0.3, -0.25) is 4.68 Å². The van der Waals surface area contributed by atoms with Crippen molar-refractivity contribution in [3.63, 3.8) is 0 Å². The Balaban J connectivity index is 1.72. The summed E-state index contributed by atoms with van der Waals surface area (Å²) >= 11 is 0. The fourth-order valence-electron chi connectivity index (χ4n) is 2.99. The Labute approximate surface area is 152 Å². The van der Waals surface area contributed by atoms with Gasteiger partial charge in [-0.05, 0) is 35.9 Å². The Kier molecular flexibility index (Phi) is 4.24. The molecule has 7 heteroatoms. The van der Waals surface area contributed by atoms with Crippen LogP contribution >= 0.6 is 0 Å². The van der Waals surface area contributed by atoms with E-state index in [0.29, 0.717) is 29.3 Å². The highest BCUT2D eigenvalue weighted by atomic mass is 19.4. The molecule has 0 atom stereocenters. The van der Waals surface area contributed by atoms with Crippen LogP contribution in [0.4, 0.5) is 13.2 Å². The normalized spacial score (nSPS) is 12.0. The van der Waals surface area contributed by atoms with Gasteiger partial charge >= 0.3 is 6.18 Å². The van der Waals surface area contributed by atoms with E-state index in [-0.39, 0.29) is 6.61 Å². The maximum Gasteiger partial charge on any atom is 0.416 e. The molecular weight excluding hydrogens is 357 g/mol. The molecule has 4 rings (SSSR count). The summed E-state index contributed by atoms with van der Waals surface area (Å²) in [7, 11) is 0. The summed E-state index contributed by atoms with van der Waals surface area (Å²) in [6, 6.07) is 16.0. The molecule has 0 fully saturated rings. The average Bonchev–Trinajstić information content (AvgIpc) is 3.26. The fourth-order valence-corrected chi connectivity index (χ4v) is 2.99. The maximum atomic E-state index is 12.7. The van der Waals surface area contributed by atoms with Crippen molar-refractivity contribution in [3.05, 3.63) is 77.6 Å². The minimum atomic E-state index is -4.35. The monoisotopic (exact) mass is 372 g/mol. The van der Waals surface area contributed by atoms with Gasteiger partial charge in [-0.2, -0.15) is 18.3 Å². The fraction of sp³-hybridized carbons (Fsp3) is 0.150. The third-order valence-corrected chi connectivity index (χ3v) is 4.32. The van der Waals surface area contributed by atoms with Crippen molar-refractivity contribution in [2.24, 2.45) is 0 Å². The highest BCUT2D eigenvalue weighted by molar-refractivity contribution is 5.92. The number of aliphatic hydroxyl groups excluding tert-OH is 1. The number of fused-ring (bicyclic) bond motifs is 1. The van der Waals surface area contributed by atoms with Crippen LogP contribution in [0.1, 0.15) is 16.9 Å². The van der Waals surface area contributed by atoms with Gasteiger partial charge in [-0.1, -0.05) is 30.3 Å². The van der Waals surface area contributed by atoms with E-state index in [1.54, 1.807) is 16.8 Å². The zero-order chi connectivity index (χ0) is 19.0. The van der Waals surface area contributed by atoms with Crippen LogP contribution in [0.25, 0.3) is 22.4 Å². The van der Waals surface area contributed by atoms with Crippen molar-refractivity contribution in [3.8, 4) is 11.5 Å². The highest BCUT2D eigenvalue weighted by Gasteiger charge is 2.30. The SMILES string of the molecule is OCc1ccc(-c2nn(Cc3ccc(C(F)(F)F)cc3)c3ccccc23)o1. The first-order valence-corrected chi connectivity index (χ1v) is 8.27. The van der Waals surface area contributed by atoms with E-state index in [4.69, 9.17) is 4.42 Å². The quantitative estimate of drug-likeness (QED) is 0.557. The van der Waals surface area contributed by atoms with Gasteiger partial charge in [0.2, 0.25) is 0 Å². The number of hydrogen-bond acceptors (Lipinski definition) is 3. The number of aliphatic hydroxyl groups is 1. The second kappa shape index (κ2) is 6.59. The number of halogens is 3. The lowest BCUT2D eigenvalue weighted by Crippen LogP contribution is -2.06. The molecule has 0 unspecified atom stereocenters. The van der Waals surface area contributed by atoms with Crippen molar-refractivity contribution >= 4 is 10.9 Å². The van der Waals surface area contributed by atoms with Crippen LogP contribution in [0.5, 0.6) is 0 Å². The molecule has 0 saturated heterocycles. The third kappa shape index (κ3) is 3.33. The number of hydrogen-bond donors (Lipinski definition) is 1. The molecule has 0 aliphatic carbocycles. The smallest absolute Gasteiger partial charge is 0.416 e. The van der Waals surface area contributed by atoms with Crippen LogP contribution in [-0.2, 0) is 19.3 Å². The van der Waals surface area contributed by atoms with Crippen LogP contribution in [0.2, 0.25) is 0 Å². The first kappa shape index (κ1) is 17.4. The number of rotatable bonds is 4. The number of nitrogens with zero attached hydrogens (tertiary/aromatic N) is 2. The lowest BCUT2D eigenvalue weighted by molar-refractivity contribution is -0.137. The molecule has 0 amide bonds. The number of benzene rings is 2. The average molecular weight is 372 g/mol. The molecule has 138 valence electrons. The van der Waals surface area contributed by atoms with E-state index in [0.717, 1.165) is 23.0 Å². The first-order chi connectivity index (χ1) is 13.0. The minimum absolute atomic E-state index is 0.204. The molecule has 2 aromatic heterocycles. The van der Waals surface area contributed by atoms with Crippen molar-refractivity contribution in [1.82, 2.24) is 9.78 Å². The zero-order valence-electron chi connectivity index (χ0n) is 14.1. The zero-order valence-corrected chi connectivity index (χ0v) is 14.1. The second-order valence-electron chi connectivity index (χ2n) is 6.14. The van der Waals surface area contributed by atoms with E-state index in [1.807, 2.05) is 24.3 Å². The van der Waals surface area contributed by atoms with Crippen LogP contribution in [0.3, 0.4) is 0 Å². The molecule has 0 bridgehead atoms. The molecule has 0 saturated carbocycles. The Bertz CT molecular complexity index is 1080. The van der Waals surface area contributed by atoms with Gasteiger partial charge in [0, 0.05) is 5.39 Å². The molecular formula is C20H15F3N2O2. The topological polar surface area (TPSA) is 51.2 Å². The summed E-state index contributed by atoms with van der Waals surface area (Å²) < 4.78 is 45.5. The minimum Gasteiger partial charge on any atom is -0.457 e. The summed E-state index contributed by atoms with van der Waals surface area (Å²) in [5.74, 6) is 0.966. The Morgan fingerprint density at radius 1 is 0.963 bits per heavy atom. The van der Waals surface area contributed by atoms with Crippen molar-refractivity contribution in [2.75, 3.05) is 0 Å². The largest absolute Gasteiger partial charge is 0.457 e. The van der Waals surface area contributed by atoms with Crippen LogP contribution in [-0.4, -0.2) is 14.9 Å². The van der Waals surface area contributed by atoms with Crippen molar-refractivity contribution < 1.29 is 22.7 Å². The van der Waals surface area contributed by atoms with Gasteiger partial charge in [0.1, 0.15) is 18.1 Å². The first-order valence-electron chi connectivity index (χ1n) is 8.27. The number of furan rings is 1. The van der Waals surface area contributed by atoms with E-state index < -0.39 is 11.7 Å². The van der Waals surface area contributed by atoms with Gasteiger partial charge in [0.15, 0.2) is 5.76 Å². The molecule has 27 heavy (non-hydrogen) atoms. The van der Waals surface area contributed by atoms with Gasteiger partial charge in [0.05, 0.1) is 17.6 Å². The third-order valence-electron chi connectivity index (χ3n) is 4.32. The van der Waals surface area contributed by atoms with Gasteiger partial charge in [-0.25, -0.2) is 0 Å². The lowest BCUT2D eigenvalue weighted by atomic mass is 10.1. The van der Waals surface area contributed by atoms with Crippen LogP contribution in [0.15, 0.2) is 65.1 Å². The molecule has 1 N–H and O–H groups in total. The predicted octanol–water partition coefficient (Wildman–Crippen LogP) is 4.86. The van der Waals surface area contributed by atoms with Gasteiger partial charge in [-0.15, -0.1) is 0 Å². The van der Waals surface area contributed by atoms with Gasteiger partial charge < -0.3 is 9.52 Å². The molecule has 2 aromatic carbocycles. The Morgan fingerprint density at radius 2 is 1.70 bits per heavy atom. The van der Waals surface area contributed by atoms with Crippen LogP contribution < -0.4 is 0 Å². The summed E-state index contributed by atoms with van der Waals surface area (Å²) in [5, 5.41) is 14.6. The number of aromatic nitrogens is 2.